The van der Waals surface area contributed by atoms with Crippen LogP contribution in [0.25, 0.3) is 0 Å². The van der Waals surface area contributed by atoms with Crippen molar-refractivity contribution >= 4 is 46.4 Å². The van der Waals surface area contributed by atoms with E-state index in [0.29, 0.717) is 15.1 Å². The zero-order valence-corrected chi connectivity index (χ0v) is 12.2. The molecule has 4 nitrogen and oxygen atoms in total. The number of hydrogen-bond acceptors (Lipinski definition) is 3. The van der Waals surface area contributed by atoms with Crippen molar-refractivity contribution in [1.29, 1.82) is 0 Å². The molecule has 2 N–H and O–H groups in total. The lowest BCUT2D eigenvalue weighted by molar-refractivity contribution is -0.147. The Bertz CT molecular complexity index is 475. The van der Waals surface area contributed by atoms with Gasteiger partial charge in [-0.2, -0.15) is 0 Å². The van der Waals surface area contributed by atoms with E-state index in [9.17, 15) is 9.59 Å². The Balaban J connectivity index is 2.72. The van der Waals surface area contributed by atoms with Gasteiger partial charge in [-0.15, -0.1) is 11.3 Å². The van der Waals surface area contributed by atoms with Crippen LogP contribution in [0.1, 0.15) is 30.6 Å². The second kappa shape index (κ2) is 5.91. The van der Waals surface area contributed by atoms with E-state index in [4.69, 9.17) is 28.3 Å². The Labute approximate surface area is 119 Å². The van der Waals surface area contributed by atoms with Crippen LogP contribution in [0.3, 0.4) is 0 Å². The summed E-state index contributed by atoms with van der Waals surface area (Å²) in [5.74, 6) is -1.36. The van der Waals surface area contributed by atoms with Gasteiger partial charge in [0.15, 0.2) is 0 Å². The molecule has 0 spiro atoms. The predicted molar refractivity (Wildman–Crippen MR) is 72.7 cm³/mol. The van der Waals surface area contributed by atoms with Crippen LogP contribution in [-0.4, -0.2) is 23.5 Å². The fraction of sp³-hybridized carbons (Fsp3) is 0.455. The highest BCUT2D eigenvalue weighted by Gasteiger charge is 2.31. The number of amides is 1. The monoisotopic (exact) mass is 309 g/mol. The van der Waals surface area contributed by atoms with E-state index in [1.54, 1.807) is 13.8 Å². The maximum atomic E-state index is 11.8. The summed E-state index contributed by atoms with van der Waals surface area (Å²) in [5.41, 5.74) is -0.711. The summed E-state index contributed by atoms with van der Waals surface area (Å²) in [4.78, 5) is 22.9. The Morgan fingerprint density at radius 2 is 2.11 bits per heavy atom. The van der Waals surface area contributed by atoms with Crippen LogP contribution in [0.5, 0.6) is 0 Å². The maximum Gasteiger partial charge on any atom is 0.311 e. The second-order valence-corrected chi connectivity index (χ2v) is 6.43. The highest BCUT2D eigenvalue weighted by atomic mass is 35.5. The molecule has 7 heteroatoms. The number of carbonyl (C=O) groups is 2. The van der Waals surface area contributed by atoms with Gasteiger partial charge in [-0.25, -0.2) is 0 Å². The molecule has 0 aromatic carbocycles. The predicted octanol–water partition coefficient (Wildman–Crippen LogP) is 3.29. The van der Waals surface area contributed by atoms with Crippen LogP contribution >= 0.6 is 34.5 Å². The van der Waals surface area contributed by atoms with E-state index in [2.05, 4.69) is 5.32 Å². The van der Waals surface area contributed by atoms with Crippen LogP contribution in [-0.2, 0) is 4.79 Å². The van der Waals surface area contributed by atoms with Crippen LogP contribution in [0.2, 0.25) is 8.67 Å². The summed E-state index contributed by atoms with van der Waals surface area (Å²) in [6, 6.07) is 1.47. The first kappa shape index (κ1) is 15.3. The normalized spacial score (nSPS) is 14.0. The number of halogens is 2. The molecule has 100 valence electrons. The third kappa shape index (κ3) is 3.37. The standard InChI is InChI=1S/C11H13Cl2NO3S/c1-3-11(2,10(16)17)5-14-9(15)6-4-7(12)18-8(6)13/h4H,3,5H2,1-2H3,(H,14,15)(H,16,17). The minimum absolute atomic E-state index is 0.0431. The molecule has 1 amide bonds. The van der Waals surface area contributed by atoms with Gasteiger partial charge in [-0.1, -0.05) is 30.1 Å². The lowest BCUT2D eigenvalue weighted by atomic mass is 9.87. The molecule has 0 aliphatic rings. The van der Waals surface area contributed by atoms with Gasteiger partial charge >= 0.3 is 5.97 Å². The number of carbonyl (C=O) groups excluding carboxylic acids is 1. The molecule has 0 saturated heterocycles. The van der Waals surface area contributed by atoms with E-state index in [0.717, 1.165) is 11.3 Å². The Kier molecular flexibility index (Phi) is 5.01. The zero-order chi connectivity index (χ0) is 13.9. The van der Waals surface area contributed by atoms with Crippen molar-refractivity contribution in [3.8, 4) is 0 Å². The average molecular weight is 310 g/mol. The topological polar surface area (TPSA) is 66.4 Å². The number of aliphatic carboxylic acids is 1. The number of nitrogens with one attached hydrogen (secondary N) is 1. The molecule has 1 aromatic heterocycles. The average Bonchev–Trinajstić information content (AvgIpc) is 2.64. The van der Waals surface area contributed by atoms with Gasteiger partial charge in [0.25, 0.3) is 5.91 Å². The van der Waals surface area contributed by atoms with Crippen LogP contribution in [0.4, 0.5) is 0 Å². The van der Waals surface area contributed by atoms with Crippen molar-refractivity contribution in [2.45, 2.75) is 20.3 Å². The second-order valence-electron chi connectivity index (χ2n) is 4.14. The molecule has 1 aromatic rings. The molecule has 0 aliphatic heterocycles. The highest BCUT2D eigenvalue weighted by Crippen LogP contribution is 2.31. The first-order valence-electron chi connectivity index (χ1n) is 5.26. The van der Waals surface area contributed by atoms with E-state index >= 15 is 0 Å². The number of carboxylic acids is 1. The summed E-state index contributed by atoms with van der Waals surface area (Å²) < 4.78 is 0.715. The van der Waals surface area contributed by atoms with Crippen molar-refractivity contribution in [2.75, 3.05) is 6.54 Å². The summed E-state index contributed by atoms with van der Waals surface area (Å²) in [6.07, 6.45) is 0.417. The molecule has 0 aliphatic carbocycles. The highest BCUT2D eigenvalue weighted by molar-refractivity contribution is 7.20. The third-order valence-electron chi connectivity index (χ3n) is 2.84. The van der Waals surface area contributed by atoms with Crippen molar-refractivity contribution in [3.63, 3.8) is 0 Å². The van der Waals surface area contributed by atoms with Gasteiger partial charge in [0.2, 0.25) is 0 Å². The molecule has 18 heavy (non-hydrogen) atoms. The summed E-state index contributed by atoms with van der Waals surface area (Å²) in [7, 11) is 0. The lowest BCUT2D eigenvalue weighted by Gasteiger charge is -2.23. The van der Waals surface area contributed by atoms with Gasteiger partial charge in [0, 0.05) is 6.54 Å². The van der Waals surface area contributed by atoms with E-state index in [-0.39, 0.29) is 12.1 Å². The Morgan fingerprint density at radius 3 is 2.50 bits per heavy atom. The minimum Gasteiger partial charge on any atom is -0.481 e. The molecule has 0 radical (unpaired) electrons. The van der Waals surface area contributed by atoms with Crippen LogP contribution < -0.4 is 5.32 Å². The Morgan fingerprint density at radius 1 is 1.50 bits per heavy atom. The van der Waals surface area contributed by atoms with Crippen molar-refractivity contribution in [2.24, 2.45) is 5.41 Å². The number of thiophene rings is 1. The zero-order valence-electron chi connectivity index (χ0n) is 9.92. The number of carboxylic acid groups (broad SMARTS) is 1. The fourth-order valence-corrected chi connectivity index (χ4v) is 2.68. The molecule has 0 saturated carbocycles. The van der Waals surface area contributed by atoms with Crippen LogP contribution in [0.15, 0.2) is 6.07 Å². The van der Waals surface area contributed by atoms with E-state index in [1.807, 2.05) is 0 Å². The summed E-state index contributed by atoms with van der Waals surface area (Å²) in [5, 5.41) is 11.6. The number of rotatable bonds is 5. The van der Waals surface area contributed by atoms with Gasteiger partial charge in [0.1, 0.15) is 4.34 Å². The van der Waals surface area contributed by atoms with Crippen molar-refractivity contribution < 1.29 is 14.7 Å². The van der Waals surface area contributed by atoms with E-state index in [1.165, 1.54) is 6.07 Å². The first-order chi connectivity index (χ1) is 8.30. The lowest BCUT2D eigenvalue weighted by Crippen LogP contribution is -2.40. The fourth-order valence-electron chi connectivity index (χ4n) is 1.22. The number of hydrogen-bond donors (Lipinski definition) is 2. The largest absolute Gasteiger partial charge is 0.481 e. The van der Waals surface area contributed by atoms with Crippen molar-refractivity contribution in [3.05, 3.63) is 20.3 Å². The Hall–Kier alpha value is -0.780. The van der Waals surface area contributed by atoms with Gasteiger partial charge < -0.3 is 10.4 Å². The molecular formula is C11H13Cl2NO3S. The van der Waals surface area contributed by atoms with E-state index < -0.39 is 17.3 Å². The summed E-state index contributed by atoms with van der Waals surface area (Å²) >= 11 is 12.7. The first-order valence-corrected chi connectivity index (χ1v) is 6.84. The molecule has 1 rings (SSSR count). The van der Waals surface area contributed by atoms with Gasteiger partial charge in [-0.05, 0) is 19.4 Å². The maximum absolute atomic E-state index is 11.8. The quantitative estimate of drug-likeness (QED) is 0.877. The van der Waals surface area contributed by atoms with Gasteiger partial charge in [0.05, 0.1) is 15.3 Å². The molecule has 0 fully saturated rings. The molecule has 0 bridgehead atoms. The van der Waals surface area contributed by atoms with Crippen molar-refractivity contribution in [1.82, 2.24) is 5.32 Å². The van der Waals surface area contributed by atoms with Gasteiger partial charge in [-0.3, -0.25) is 9.59 Å². The molecular weight excluding hydrogens is 297 g/mol. The third-order valence-corrected chi connectivity index (χ3v) is 4.32. The molecule has 1 unspecified atom stereocenters. The molecule has 1 atom stereocenters. The smallest absolute Gasteiger partial charge is 0.311 e. The minimum atomic E-state index is -0.984. The summed E-state index contributed by atoms with van der Waals surface area (Å²) in [6.45, 7) is 3.38. The van der Waals surface area contributed by atoms with Crippen LogP contribution in [0, 0.1) is 5.41 Å². The SMILES string of the molecule is CCC(C)(CNC(=O)c1cc(Cl)sc1Cl)C(=O)O. The molecule has 1 heterocycles.